The zero-order valence-corrected chi connectivity index (χ0v) is 19.6. The zero-order chi connectivity index (χ0) is 22.2. The van der Waals surface area contributed by atoms with Crippen LogP contribution in [-0.4, -0.2) is 47.3 Å². The first-order valence-electron chi connectivity index (χ1n) is 11.0. The van der Waals surface area contributed by atoms with Crippen LogP contribution >= 0.6 is 0 Å². The van der Waals surface area contributed by atoms with E-state index in [1.165, 1.54) is 22.7 Å². The first-order valence-corrected chi connectivity index (χ1v) is 12.4. The molecule has 1 aliphatic rings. The van der Waals surface area contributed by atoms with Gasteiger partial charge in [-0.2, -0.15) is 0 Å². The average Bonchev–Trinajstić information content (AvgIpc) is 3.54. The van der Waals surface area contributed by atoms with Gasteiger partial charge in [0.05, 0.1) is 22.5 Å². The maximum atomic E-state index is 12.6. The SMILES string of the molecule is CCn1c(CN(Cc2ccccc2)C(C)C2CC2)nc2cc(S(=O)(=O)N(C)C)ccc21. The highest BCUT2D eigenvalue weighted by atomic mass is 32.2. The molecule has 0 saturated heterocycles. The third-order valence-electron chi connectivity index (χ3n) is 6.35. The minimum atomic E-state index is -3.49. The first kappa shape index (κ1) is 22.0. The van der Waals surface area contributed by atoms with Crippen molar-refractivity contribution in [1.82, 2.24) is 18.8 Å². The lowest BCUT2D eigenvalue weighted by Crippen LogP contribution is -2.34. The van der Waals surface area contributed by atoms with Gasteiger partial charge in [0.25, 0.3) is 0 Å². The van der Waals surface area contributed by atoms with E-state index in [9.17, 15) is 8.42 Å². The molecular formula is C24H32N4O2S. The second-order valence-electron chi connectivity index (χ2n) is 8.68. The molecule has 3 aromatic rings. The number of benzene rings is 2. The van der Waals surface area contributed by atoms with E-state index >= 15 is 0 Å². The van der Waals surface area contributed by atoms with Gasteiger partial charge >= 0.3 is 0 Å². The fourth-order valence-electron chi connectivity index (χ4n) is 4.22. The van der Waals surface area contributed by atoms with Crippen molar-refractivity contribution in [3.63, 3.8) is 0 Å². The molecule has 0 bridgehead atoms. The van der Waals surface area contributed by atoms with Crippen molar-refractivity contribution in [1.29, 1.82) is 0 Å². The maximum Gasteiger partial charge on any atom is 0.242 e. The molecule has 1 fully saturated rings. The summed E-state index contributed by atoms with van der Waals surface area (Å²) in [5.41, 5.74) is 3.01. The van der Waals surface area contributed by atoms with E-state index in [2.05, 4.69) is 47.6 Å². The smallest absolute Gasteiger partial charge is 0.242 e. The Morgan fingerprint density at radius 3 is 2.42 bits per heavy atom. The van der Waals surface area contributed by atoms with Crippen molar-refractivity contribution in [2.24, 2.45) is 5.92 Å². The molecular weight excluding hydrogens is 408 g/mol. The predicted octanol–water partition coefficient (Wildman–Crippen LogP) is 4.11. The van der Waals surface area contributed by atoms with Gasteiger partial charge in [-0.3, -0.25) is 4.90 Å². The highest BCUT2D eigenvalue weighted by molar-refractivity contribution is 7.89. The molecule has 1 atom stereocenters. The summed E-state index contributed by atoms with van der Waals surface area (Å²) in [5.74, 6) is 1.74. The summed E-state index contributed by atoms with van der Waals surface area (Å²) >= 11 is 0. The van der Waals surface area contributed by atoms with Crippen molar-refractivity contribution >= 4 is 21.1 Å². The Morgan fingerprint density at radius 1 is 1.10 bits per heavy atom. The van der Waals surface area contributed by atoms with Crippen LogP contribution in [0, 0.1) is 5.92 Å². The highest BCUT2D eigenvalue weighted by Gasteiger charge is 2.32. The lowest BCUT2D eigenvalue weighted by atomic mass is 10.1. The zero-order valence-electron chi connectivity index (χ0n) is 18.8. The monoisotopic (exact) mass is 440 g/mol. The van der Waals surface area contributed by atoms with Crippen LogP contribution in [0.3, 0.4) is 0 Å². The molecule has 166 valence electrons. The van der Waals surface area contributed by atoms with E-state index in [0.29, 0.717) is 6.04 Å². The van der Waals surface area contributed by atoms with Crippen molar-refractivity contribution in [3.05, 3.63) is 59.9 Å². The van der Waals surface area contributed by atoms with Crippen molar-refractivity contribution in [3.8, 4) is 0 Å². The molecule has 0 spiro atoms. The van der Waals surface area contributed by atoms with Crippen molar-refractivity contribution < 1.29 is 8.42 Å². The number of imidazole rings is 1. The second kappa shape index (κ2) is 8.73. The number of hydrogen-bond acceptors (Lipinski definition) is 4. The highest BCUT2D eigenvalue weighted by Crippen LogP contribution is 2.36. The summed E-state index contributed by atoms with van der Waals surface area (Å²) in [6.07, 6.45) is 2.59. The number of aromatic nitrogens is 2. The van der Waals surface area contributed by atoms with Crippen molar-refractivity contribution in [2.75, 3.05) is 14.1 Å². The Labute approximate surface area is 185 Å². The van der Waals surface area contributed by atoms with E-state index in [4.69, 9.17) is 4.98 Å². The summed E-state index contributed by atoms with van der Waals surface area (Å²) in [5, 5.41) is 0. The fraction of sp³-hybridized carbons (Fsp3) is 0.458. The second-order valence-corrected chi connectivity index (χ2v) is 10.8. The van der Waals surface area contributed by atoms with Gasteiger partial charge in [-0.05, 0) is 56.4 Å². The summed E-state index contributed by atoms with van der Waals surface area (Å²) in [4.78, 5) is 7.69. The Morgan fingerprint density at radius 2 is 1.81 bits per heavy atom. The first-order chi connectivity index (χ1) is 14.8. The van der Waals surface area contributed by atoms with Gasteiger partial charge in [0.2, 0.25) is 10.0 Å². The Hall–Kier alpha value is -2.22. The number of aryl methyl sites for hydroxylation is 1. The van der Waals surface area contributed by atoms with Crippen LogP contribution in [0.25, 0.3) is 11.0 Å². The van der Waals surface area contributed by atoms with E-state index < -0.39 is 10.0 Å². The van der Waals surface area contributed by atoms with Crippen LogP contribution in [0.2, 0.25) is 0 Å². The largest absolute Gasteiger partial charge is 0.327 e. The number of rotatable bonds is 9. The number of hydrogen-bond donors (Lipinski definition) is 0. The molecule has 1 saturated carbocycles. The lowest BCUT2D eigenvalue weighted by Gasteiger charge is -2.29. The molecule has 31 heavy (non-hydrogen) atoms. The molecule has 6 nitrogen and oxygen atoms in total. The molecule has 0 N–H and O–H groups in total. The van der Waals surface area contributed by atoms with Gasteiger partial charge in [-0.15, -0.1) is 0 Å². The molecule has 0 radical (unpaired) electrons. The quantitative estimate of drug-likeness (QED) is 0.502. The average molecular weight is 441 g/mol. The third kappa shape index (κ3) is 4.54. The van der Waals surface area contributed by atoms with Gasteiger partial charge in [-0.1, -0.05) is 30.3 Å². The summed E-state index contributed by atoms with van der Waals surface area (Å²) in [7, 11) is -0.381. The van der Waals surface area contributed by atoms with Gasteiger partial charge in [0, 0.05) is 33.2 Å². The van der Waals surface area contributed by atoms with E-state index in [-0.39, 0.29) is 4.90 Å². The Kier molecular flexibility index (Phi) is 6.19. The van der Waals surface area contributed by atoms with Gasteiger partial charge in [0.15, 0.2) is 0 Å². The number of fused-ring (bicyclic) bond motifs is 1. The molecule has 4 rings (SSSR count). The predicted molar refractivity (Wildman–Crippen MR) is 124 cm³/mol. The van der Waals surface area contributed by atoms with Crippen LogP contribution in [0.15, 0.2) is 53.4 Å². The molecule has 1 aromatic heterocycles. The maximum absolute atomic E-state index is 12.6. The van der Waals surface area contributed by atoms with E-state index in [1.54, 1.807) is 26.2 Å². The Bertz CT molecular complexity index is 1150. The van der Waals surface area contributed by atoms with Crippen LogP contribution < -0.4 is 0 Å². The molecule has 0 amide bonds. The van der Waals surface area contributed by atoms with Crippen LogP contribution in [0.5, 0.6) is 0 Å². The minimum absolute atomic E-state index is 0.282. The van der Waals surface area contributed by atoms with E-state index in [1.807, 2.05) is 12.1 Å². The lowest BCUT2D eigenvalue weighted by molar-refractivity contribution is 0.166. The number of nitrogens with zero attached hydrogens (tertiary/aromatic N) is 4. The summed E-state index contributed by atoms with van der Waals surface area (Å²) in [6, 6.07) is 16.3. The molecule has 1 aliphatic carbocycles. The molecule has 1 unspecified atom stereocenters. The Balaban J connectivity index is 1.69. The summed E-state index contributed by atoms with van der Waals surface area (Å²) in [6.45, 7) is 6.85. The minimum Gasteiger partial charge on any atom is -0.327 e. The molecule has 7 heteroatoms. The third-order valence-corrected chi connectivity index (χ3v) is 8.16. The molecule has 0 aliphatic heterocycles. The standard InChI is InChI=1S/C24H32N4O2S/c1-5-28-23-14-13-21(31(29,30)26(3)4)15-22(23)25-24(28)17-27(18(2)20-11-12-20)16-19-9-7-6-8-10-19/h6-10,13-15,18,20H,5,11-12,16-17H2,1-4H3. The topological polar surface area (TPSA) is 58.4 Å². The van der Waals surface area contributed by atoms with Crippen LogP contribution in [0.1, 0.15) is 38.1 Å². The van der Waals surface area contributed by atoms with E-state index in [0.717, 1.165) is 42.4 Å². The number of sulfonamides is 1. The van der Waals surface area contributed by atoms with Gasteiger partial charge in [-0.25, -0.2) is 17.7 Å². The summed E-state index contributed by atoms with van der Waals surface area (Å²) < 4.78 is 28.6. The van der Waals surface area contributed by atoms with Crippen LogP contribution in [-0.2, 0) is 29.7 Å². The normalized spacial score (nSPS) is 15.8. The fourth-order valence-corrected chi connectivity index (χ4v) is 5.15. The van der Waals surface area contributed by atoms with Gasteiger partial charge < -0.3 is 4.57 Å². The molecule has 2 aromatic carbocycles. The van der Waals surface area contributed by atoms with Gasteiger partial charge in [0.1, 0.15) is 5.82 Å². The van der Waals surface area contributed by atoms with Crippen molar-refractivity contribution in [2.45, 2.75) is 57.3 Å². The molecule has 1 heterocycles. The van der Waals surface area contributed by atoms with Crippen LogP contribution in [0.4, 0.5) is 0 Å².